The second-order valence-electron chi connectivity index (χ2n) is 10.5. The Bertz CT molecular complexity index is 618. The van der Waals surface area contributed by atoms with Crippen LogP contribution in [0.4, 0.5) is 0 Å². The highest BCUT2D eigenvalue weighted by Crippen LogP contribution is 2.66. The van der Waals surface area contributed by atoms with E-state index >= 15 is 0 Å². The molecule has 0 saturated heterocycles. The van der Waals surface area contributed by atoms with Gasteiger partial charge in [0.15, 0.2) is 5.78 Å². The Morgan fingerprint density at radius 1 is 1.20 bits per heavy atom. The van der Waals surface area contributed by atoms with E-state index in [0.717, 1.165) is 43.5 Å². The van der Waals surface area contributed by atoms with Crippen molar-refractivity contribution in [3.63, 3.8) is 0 Å². The van der Waals surface area contributed by atoms with Gasteiger partial charge in [-0.25, -0.2) is 11.0 Å². The van der Waals surface area contributed by atoms with E-state index in [0.29, 0.717) is 11.3 Å². The molecular formula is C24H44N4O2. The fraction of sp³-hybridized carbons (Fsp3) is 0.917. The fourth-order valence-electron chi connectivity index (χ4n) is 8.34. The molecule has 3 aliphatic carbocycles. The van der Waals surface area contributed by atoms with E-state index in [4.69, 9.17) is 16.3 Å². The minimum atomic E-state index is 0.0920. The van der Waals surface area contributed by atoms with Crippen LogP contribution >= 0.6 is 0 Å². The lowest BCUT2D eigenvalue weighted by Gasteiger charge is -2.60. The number of hydrazine groups is 1. The van der Waals surface area contributed by atoms with Gasteiger partial charge in [-0.05, 0) is 79.4 Å². The van der Waals surface area contributed by atoms with Crippen LogP contribution in [0.3, 0.4) is 0 Å². The van der Waals surface area contributed by atoms with Crippen molar-refractivity contribution in [3.05, 3.63) is 0 Å². The summed E-state index contributed by atoms with van der Waals surface area (Å²) in [5.74, 6) is 9.00. The Morgan fingerprint density at radius 3 is 2.60 bits per heavy atom. The van der Waals surface area contributed by atoms with Crippen LogP contribution in [0.1, 0.15) is 78.6 Å². The van der Waals surface area contributed by atoms with Gasteiger partial charge >= 0.3 is 0 Å². The zero-order valence-corrected chi connectivity index (χ0v) is 19.6. The lowest BCUT2D eigenvalue weighted by atomic mass is 9.45. The first-order valence-corrected chi connectivity index (χ1v) is 12.2. The molecule has 3 fully saturated rings. The molecule has 4 N–H and O–H groups in total. The molecule has 0 radical (unpaired) electrons. The molecule has 0 aromatic heterocycles. The van der Waals surface area contributed by atoms with Gasteiger partial charge in [-0.3, -0.25) is 4.79 Å². The maximum Gasteiger partial charge on any atom is 0.159 e. The van der Waals surface area contributed by atoms with E-state index < -0.39 is 0 Å². The lowest BCUT2D eigenvalue weighted by Crippen LogP contribution is -2.55. The molecule has 0 aliphatic heterocycles. The smallest absolute Gasteiger partial charge is 0.159 e. The Hall–Kier alpha value is -1.14. The Labute approximate surface area is 183 Å². The Balaban J connectivity index is 1.84. The van der Waals surface area contributed by atoms with Crippen molar-refractivity contribution in [2.75, 3.05) is 20.3 Å². The van der Waals surface area contributed by atoms with Crippen molar-refractivity contribution < 1.29 is 9.53 Å². The SMILES string of the molecule is CCCC1(COC)C(CC)CCC2C3CCC(C(=O)CN(N)/N=C\N)C3(C)CCC21. The third-order valence-corrected chi connectivity index (χ3v) is 9.38. The standard InChI is InChI=1S/C24H44N4O2/c1-5-12-24(15-30-4)17(6-2)7-8-18-19-9-10-21(22(29)14-28(26)27-16-25)23(19,3)13-11-20(18)24/h16-21H,5-15,26H2,1-4H3,(H2,25,27). The molecule has 3 aliphatic rings. The number of rotatable bonds is 9. The first kappa shape index (κ1) is 23.5. The van der Waals surface area contributed by atoms with Crippen LogP contribution in [0.25, 0.3) is 0 Å². The number of fused-ring (bicyclic) bond motifs is 3. The van der Waals surface area contributed by atoms with Crippen LogP contribution in [0.15, 0.2) is 5.10 Å². The number of nitrogens with two attached hydrogens (primary N) is 2. The summed E-state index contributed by atoms with van der Waals surface area (Å²) >= 11 is 0. The summed E-state index contributed by atoms with van der Waals surface area (Å²) < 4.78 is 5.88. The van der Waals surface area contributed by atoms with E-state index in [9.17, 15) is 4.79 Å². The molecule has 172 valence electrons. The molecular weight excluding hydrogens is 376 g/mol. The number of hydrogen-bond donors (Lipinski definition) is 2. The van der Waals surface area contributed by atoms with E-state index in [2.05, 4.69) is 25.9 Å². The number of ether oxygens (including phenoxy) is 1. The summed E-state index contributed by atoms with van der Waals surface area (Å²) in [6, 6.07) is 0. The van der Waals surface area contributed by atoms with Gasteiger partial charge < -0.3 is 10.5 Å². The normalized spacial score (nSPS) is 40.9. The number of Topliss-reactive ketones (excluding diaryl/α,β-unsaturated/α-hetero) is 1. The highest BCUT2D eigenvalue weighted by molar-refractivity contribution is 5.84. The van der Waals surface area contributed by atoms with Crippen molar-refractivity contribution in [2.24, 2.45) is 57.1 Å². The molecule has 0 heterocycles. The molecule has 7 unspecified atom stereocenters. The average molecular weight is 421 g/mol. The van der Waals surface area contributed by atoms with Crippen LogP contribution in [-0.2, 0) is 9.53 Å². The predicted molar refractivity (Wildman–Crippen MR) is 121 cm³/mol. The summed E-state index contributed by atoms with van der Waals surface area (Å²) in [4.78, 5) is 13.1. The van der Waals surface area contributed by atoms with Gasteiger partial charge in [0.1, 0.15) is 12.9 Å². The van der Waals surface area contributed by atoms with E-state index in [1.807, 2.05) is 7.11 Å². The molecule has 0 aromatic rings. The highest BCUT2D eigenvalue weighted by Gasteiger charge is 2.61. The van der Waals surface area contributed by atoms with Gasteiger partial charge in [0.05, 0.1) is 6.61 Å². The van der Waals surface area contributed by atoms with Gasteiger partial charge in [-0.1, -0.05) is 33.6 Å². The minimum Gasteiger partial charge on any atom is -0.388 e. The zero-order valence-electron chi connectivity index (χ0n) is 19.6. The van der Waals surface area contributed by atoms with Crippen LogP contribution in [-0.4, -0.2) is 37.5 Å². The van der Waals surface area contributed by atoms with E-state index in [1.54, 1.807) is 0 Å². The van der Waals surface area contributed by atoms with Crippen molar-refractivity contribution in [1.82, 2.24) is 5.12 Å². The summed E-state index contributed by atoms with van der Waals surface area (Å²) in [5, 5.41) is 5.02. The first-order chi connectivity index (χ1) is 14.4. The number of methoxy groups -OCH3 is 1. The van der Waals surface area contributed by atoms with E-state index in [-0.39, 0.29) is 23.7 Å². The predicted octanol–water partition coefficient (Wildman–Crippen LogP) is 3.94. The molecule has 0 bridgehead atoms. The number of ketones is 1. The molecule has 6 nitrogen and oxygen atoms in total. The van der Waals surface area contributed by atoms with Crippen molar-refractivity contribution >= 4 is 12.1 Å². The van der Waals surface area contributed by atoms with Gasteiger partial charge in [0.2, 0.25) is 0 Å². The third-order valence-electron chi connectivity index (χ3n) is 9.38. The monoisotopic (exact) mass is 420 g/mol. The Morgan fingerprint density at radius 2 is 1.97 bits per heavy atom. The summed E-state index contributed by atoms with van der Waals surface area (Å²) in [7, 11) is 1.88. The number of carbonyl (C=O) groups excluding carboxylic acids is 1. The van der Waals surface area contributed by atoms with Gasteiger partial charge in [-0.2, -0.15) is 5.10 Å². The van der Waals surface area contributed by atoms with Crippen molar-refractivity contribution in [2.45, 2.75) is 78.6 Å². The first-order valence-electron chi connectivity index (χ1n) is 12.2. The Kier molecular flexibility index (Phi) is 7.49. The second-order valence-corrected chi connectivity index (χ2v) is 10.5. The molecule has 0 amide bonds. The lowest BCUT2D eigenvalue weighted by molar-refractivity contribution is -0.144. The summed E-state index contributed by atoms with van der Waals surface area (Å²) in [6.45, 7) is 8.12. The summed E-state index contributed by atoms with van der Waals surface area (Å²) in [5.41, 5.74) is 5.73. The van der Waals surface area contributed by atoms with Gasteiger partial charge in [0.25, 0.3) is 0 Å². The second kappa shape index (κ2) is 9.56. The summed E-state index contributed by atoms with van der Waals surface area (Å²) in [6.07, 6.45) is 12.1. The zero-order chi connectivity index (χ0) is 21.9. The molecule has 3 saturated carbocycles. The van der Waals surface area contributed by atoms with Crippen LogP contribution < -0.4 is 11.6 Å². The molecule has 30 heavy (non-hydrogen) atoms. The molecule has 3 rings (SSSR count). The molecule has 7 atom stereocenters. The highest BCUT2D eigenvalue weighted by atomic mass is 16.5. The average Bonchev–Trinajstić information content (AvgIpc) is 3.06. The maximum absolute atomic E-state index is 13.1. The van der Waals surface area contributed by atoms with Crippen molar-refractivity contribution in [1.29, 1.82) is 0 Å². The van der Waals surface area contributed by atoms with Gasteiger partial charge in [-0.15, -0.1) is 0 Å². The number of carbonyl (C=O) groups is 1. The van der Waals surface area contributed by atoms with Crippen LogP contribution in [0.5, 0.6) is 0 Å². The minimum absolute atomic E-state index is 0.0920. The fourth-order valence-corrected chi connectivity index (χ4v) is 8.34. The van der Waals surface area contributed by atoms with Crippen LogP contribution in [0.2, 0.25) is 0 Å². The number of hydrazone groups is 1. The van der Waals surface area contributed by atoms with Crippen LogP contribution in [0, 0.1) is 40.4 Å². The van der Waals surface area contributed by atoms with E-state index in [1.165, 1.54) is 50.1 Å². The number of hydrogen-bond acceptors (Lipinski definition) is 5. The molecule has 0 spiro atoms. The largest absolute Gasteiger partial charge is 0.388 e. The van der Waals surface area contributed by atoms with Gasteiger partial charge in [0, 0.05) is 13.0 Å². The quantitative estimate of drug-likeness (QED) is 0.255. The molecule has 6 heteroatoms. The number of nitrogens with zero attached hydrogens (tertiary/aromatic N) is 2. The third kappa shape index (κ3) is 3.90. The maximum atomic E-state index is 13.1. The molecule has 0 aromatic carbocycles. The van der Waals surface area contributed by atoms with Crippen molar-refractivity contribution in [3.8, 4) is 0 Å². The topological polar surface area (TPSA) is 93.9 Å².